The van der Waals surface area contributed by atoms with Crippen LogP contribution in [0.15, 0.2) is 18.6 Å². The van der Waals surface area contributed by atoms with Crippen molar-refractivity contribution >= 4 is 19.8 Å². The number of nitrogens with zero attached hydrogens (tertiary/aromatic N) is 3. The highest BCUT2D eigenvalue weighted by atomic mass is 28.3. The van der Waals surface area contributed by atoms with Crippen molar-refractivity contribution in [1.29, 1.82) is 0 Å². The largest absolute Gasteiger partial charge is 0.390 e. The molecule has 8 nitrogen and oxygen atoms in total. The second-order valence-corrected chi connectivity index (χ2v) is 12.4. The van der Waals surface area contributed by atoms with Crippen LogP contribution in [0.2, 0.25) is 13.1 Å². The van der Waals surface area contributed by atoms with Crippen molar-refractivity contribution in [3.8, 4) is 0 Å². The van der Waals surface area contributed by atoms with Crippen LogP contribution in [-0.2, 0) is 30.9 Å². The Kier molecular flexibility index (Phi) is 5.36. The topological polar surface area (TPSA) is 87.9 Å². The van der Waals surface area contributed by atoms with E-state index in [0.717, 1.165) is 11.0 Å². The van der Waals surface area contributed by atoms with Crippen molar-refractivity contribution < 1.29 is 24.1 Å². The van der Waals surface area contributed by atoms with Crippen LogP contribution < -0.4 is 0 Å². The molecule has 2 aromatic heterocycles. The van der Waals surface area contributed by atoms with Gasteiger partial charge >= 0.3 is 0 Å². The Morgan fingerprint density at radius 2 is 1.93 bits per heavy atom. The van der Waals surface area contributed by atoms with Gasteiger partial charge in [-0.15, -0.1) is 0 Å². The smallest absolute Gasteiger partial charge is 0.164 e. The molecule has 9 heteroatoms. The Hall–Kier alpha value is -1.36. The molecule has 0 spiro atoms. The van der Waals surface area contributed by atoms with E-state index in [4.69, 9.17) is 18.9 Å². The van der Waals surface area contributed by atoms with Crippen LogP contribution in [0, 0.1) is 0 Å². The third-order valence-corrected chi connectivity index (χ3v) is 7.76. The fourth-order valence-electron chi connectivity index (χ4n) is 4.42. The normalized spacial score (nSPS) is 31.0. The average molecular weight is 435 g/mol. The van der Waals surface area contributed by atoms with Crippen LogP contribution in [0.3, 0.4) is 0 Å². The van der Waals surface area contributed by atoms with Crippen LogP contribution in [0.4, 0.5) is 0 Å². The van der Waals surface area contributed by atoms with Gasteiger partial charge in [-0.3, -0.25) is 0 Å². The van der Waals surface area contributed by atoms with Crippen molar-refractivity contribution in [3.05, 3.63) is 24.3 Å². The van der Waals surface area contributed by atoms with Crippen LogP contribution in [0.5, 0.6) is 0 Å². The highest BCUT2D eigenvalue weighted by Crippen LogP contribution is 2.49. The maximum atomic E-state index is 9.71. The minimum absolute atomic E-state index is 0.145. The first-order valence-corrected chi connectivity index (χ1v) is 12.9. The van der Waals surface area contributed by atoms with E-state index in [0.29, 0.717) is 12.3 Å². The second-order valence-electron chi connectivity index (χ2n) is 9.70. The average Bonchev–Trinajstić information content (AvgIpc) is 3.29. The molecule has 30 heavy (non-hydrogen) atoms. The Balaban J connectivity index is 1.82. The molecule has 2 aliphatic rings. The van der Waals surface area contributed by atoms with Gasteiger partial charge in [0.1, 0.15) is 39.1 Å². The lowest BCUT2D eigenvalue weighted by molar-refractivity contribution is -0.217. The summed E-state index contributed by atoms with van der Waals surface area (Å²) in [6.07, 6.45) is 2.63. The number of aliphatic hydroxyl groups excluding tert-OH is 1. The molecule has 0 bridgehead atoms. The molecule has 4 rings (SSSR count). The van der Waals surface area contributed by atoms with Crippen LogP contribution >= 0.6 is 0 Å². The molecular weight excluding hydrogens is 402 g/mol. The van der Waals surface area contributed by atoms with E-state index < -0.39 is 19.9 Å². The maximum Gasteiger partial charge on any atom is 0.164 e. The number of hydrogen-bond acceptors (Lipinski definition) is 7. The number of ether oxygens (including phenoxy) is 4. The Morgan fingerprint density at radius 1 is 1.20 bits per heavy atom. The van der Waals surface area contributed by atoms with Gasteiger partial charge in [0.25, 0.3) is 0 Å². The zero-order valence-electron chi connectivity index (χ0n) is 18.8. The zero-order chi connectivity index (χ0) is 21.9. The van der Waals surface area contributed by atoms with E-state index in [-0.39, 0.29) is 30.5 Å². The van der Waals surface area contributed by atoms with Gasteiger partial charge < -0.3 is 28.6 Å². The predicted octanol–water partition coefficient (Wildman–Crippen LogP) is 2.60. The number of rotatable bonds is 5. The molecular formula is C21H32N3O5Si. The zero-order valence-corrected chi connectivity index (χ0v) is 19.8. The molecule has 2 fully saturated rings. The van der Waals surface area contributed by atoms with E-state index in [1.165, 1.54) is 6.33 Å². The molecule has 0 saturated carbocycles. The molecule has 0 aliphatic carbocycles. The SMILES string of the molecule is C[Si](C)[C@]1(n2ccc3c(CO)ncnc32)O[C@H](COC(C)(C)C)[C@H]2OC(C)(C)O[C@H]21. The van der Waals surface area contributed by atoms with Gasteiger partial charge in [-0.25, -0.2) is 9.97 Å². The lowest BCUT2D eigenvalue weighted by atomic mass is 10.1. The number of aliphatic hydroxyl groups is 1. The Morgan fingerprint density at radius 3 is 2.57 bits per heavy atom. The van der Waals surface area contributed by atoms with Crippen LogP contribution in [0.1, 0.15) is 40.3 Å². The first kappa shape index (κ1) is 21.9. The maximum absolute atomic E-state index is 9.71. The van der Waals surface area contributed by atoms with E-state index >= 15 is 0 Å². The fraction of sp³-hybridized carbons (Fsp3) is 0.714. The fourth-order valence-corrected chi connectivity index (χ4v) is 6.27. The first-order valence-electron chi connectivity index (χ1n) is 10.4. The van der Waals surface area contributed by atoms with Crippen molar-refractivity contribution in [1.82, 2.24) is 14.5 Å². The van der Waals surface area contributed by atoms with Gasteiger partial charge in [-0.05, 0) is 40.7 Å². The summed E-state index contributed by atoms with van der Waals surface area (Å²) in [6, 6.07) is 1.94. The molecule has 1 N–H and O–H groups in total. The minimum atomic E-state index is -1.13. The van der Waals surface area contributed by atoms with Crippen molar-refractivity contribution in [2.24, 2.45) is 0 Å². The van der Waals surface area contributed by atoms with Gasteiger partial charge in [0.2, 0.25) is 0 Å². The highest BCUT2D eigenvalue weighted by molar-refractivity contribution is 6.58. The Bertz CT molecular complexity index is 925. The summed E-state index contributed by atoms with van der Waals surface area (Å²) in [6.45, 7) is 14.7. The van der Waals surface area contributed by atoms with E-state index in [1.54, 1.807) is 0 Å². The third kappa shape index (κ3) is 3.51. The monoisotopic (exact) mass is 434 g/mol. The molecule has 2 aromatic rings. The highest BCUT2D eigenvalue weighted by Gasteiger charge is 2.65. The molecule has 2 aliphatic heterocycles. The van der Waals surface area contributed by atoms with Crippen molar-refractivity contribution in [3.63, 3.8) is 0 Å². The van der Waals surface area contributed by atoms with E-state index in [2.05, 4.69) is 27.6 Å². The van der Waals surface area contributed by atoms with E-state index in [9.17, 15) is 5.11 Å². The van der Waals surface area contributed by atoms with Gasteiger partial charge in [0, 0.05) is 11.6 Å². The number of hydrogen-bond donors (Lipinski definition) is 1. The van der Waals surface area contributed by atoms with Gasteiger partial charge in [0.15, 0.2) is 11.1 Å². The second kappa shape index (κ2) is 7.35. The number of fused-ring (bicyclic) bond motifs is 2. The van der Waals surface area contributed by atoms with Gasteiger partial charge in [-0.1, -0.05) is 13.1 Å². The molecule has 4 heterocycles. The molecule has 0 amide bonds. The molecule has 0 unspecified atom stereocenters. The van der Waals surface area contributed by atoms with Gasteiger partial charge in [0.05, 0.1) is 24.5 Å². The summed E-state index contributed by atoms with van der Waals surface area (Å²) in [5.41, 5.74) is 1.04. The standard InChI is InChI=1S/C21H32N3O5Si/c1-19(2,3)26-11-15-16-17(29-20(4,5)28-16)21(27-15,30(6)7)24-9-8-13-14(10-25)22-12-23-18(13)24/h8-9,12,15-17,25H,10-11H2,1-7H3/t15-,16-,17-,21-/m1/s1. The van der Waals surface area contributed by atoms with E-state index in [1.807, 2.05) is 46.9 Å². The summed E-state index contributed by atoms with van der Waals surface area (Å²) in [7, 11) is -1.13. The summed E-state index contributed by atoms with van der Waals surface area (Å²) < 4.78 is 27.7. The molecule has 2 saturated heterocycles. The minimum Gasteiger partial charge on any atom is -0.390 e. The van der Waals surface area contributed by atoms with Crippen molar-refractivity contribution in [2.75, 3.05) is 6.61 Å². The molecule has 4 atom stereocenters. The summed E-state index contributed by atoms with van der Waals surface area (Å²) >= 11 is 0. The summed E-state index contributed by atoms with van der Waals surface area (Å²) in [5, 5.41) is 9.78. The lowest BCUT2D eigenvalue weighted by Crippen LogP contribution is -2.54. The lowest BCUT2D eigenvalue weighted by Gasteiger charge is -2.39. The third-order valence-electron chi connectivity index (χ3n) is 5.68. The van der Waals surface area contributed by atoms with Crippen LogP contribution in [0.25, 0.3) is 11.0 Å². The first-order chi connectivity index (χ1) is 14.0. The summed E-state index contributed by atoms with van der Waals surface area (Å²) in [5.74, 6) is -0.712. The van der Waals surface area contributed by atoms with Crippen molar-refractivity contribution in [2.45, 2.75) is 89.4 Å². The summed E-state index contributed by atoms with van der Waals surface area (Å²) in [4.78, 5) is 8.74. The van der Waals surface area contributed by atoms with Crippen LogP contribution in [-0.4, -0.2) is 64.7 Å². The Labute approximate surface area is 179 Å². The molecule has 165 valence electrons. The predicted molar refractivity (Wildman–Crippen MR) is 113 cm³/mol. The molecule has 0 aromatic carbocycles. The quantitative estimate of drug-likeness (QED) is 0.724. The molecule has 1 radical (unpaired) electrons. The van der Waals surface area contributed by atoms with Gasteiger partial charge in [-0.2, -0.15) is 0 Å². The number of aromatic nitrogens is 3.